The Bertz CT molecular complexity index is 3160. The SMILES string of the molecule is CC.CC.CC.CC.CC.CC.CC.CC.CC.CC.CC.CC.CC.CC.CC.CC.CC1(C)c2ccccc2-c2ccccc21.c1ccc(-c2ccccc2)cc1.c1ccc2cc3ccccc3cc2c1.c1ccc2ccccc2c1.c1ccc2ccccc2c1.c1ccccc1.c1ccccc1. The highest BCUT2D eigenvalue weighted by molar-refractivity contribution is 5.98. The standard InChI is InChI=1S/C15H14.C14H10.C12H10.2C10H8.2C6H6.16C2H6/c1-15(2)13-9-5-3-7-11(13)12-8-4-6-10-14(12)15;1-2-6-12-10-14-8-4-3-7-13(14)9-11(12)5-1;1-3-7-11(8-4-1)12-9-5-2-6-10-12;2*1-2-6-10-8-4-3-7-9(10)5-1;2*1-2-4-6-5-3-1;16*1-2/h3-10H,1-2H3;1-10H;1-10H;2*1-8H;2*1-6H;16*1-2H3. The molecule has 105 heavy (non-hydrogen) atoms. The van der Waals surface area contributed by atoms with Gasteiger partial charge >= 0.3 is 0 Å². The maximum absolute atomic E-state index is 2.30. The smallest absolute Gasteiger partial charge is 0.0158 e. The van der Waals surface area contributed by atoms with Gasteiger partial charge in [-0.05, 0) is 88.6 Å². The fourth-order valence-electron chi connectivity index (χ4n) is 8.85. The summed E-state index contributed by atoms with van der Waals surface area (Å²) in [6.07, 6.45) is 0. The molecule has 0 amide bonds. The minimum atomic E-state index is 0.160. The molecule has 0 radical (unpaired) electrons. The molecule has 0 atom stereocenters. The van der Waals surface area contributed by atoms with E-state index in [1.807, 2.05) is 306 Å². The van der Waals surface area contributed by atoms with E-state index >= 15 is 0 Å². The van der Waals surface area contributed by atoms with Crippen LogP contribution in [0.25, 0.3) is 65.3 Å². The van der Waals surface area contributed by atoms with Crippen molar-refractivity contribution in [3.8, 4) is 22.3 Å². The third kappa shape index (κ3) is 50.9. The van der Waals surface area contributed by atoms with Crippen molar-refractivity contribution in [2.75, 3.05) is 0 Å². The van der Waals surface area contributed by atoms with Gasteiger partial charge in [0, 0.05) is 5.41 Å². The van der Waals surface area contributed by atoms with Crippen LogP contribution in [0, 0.1) is 0 Å². The number of rotatable bonds is 1. The molecule has 0 aliphatic heterocycles. The molecule has 1 aliphatic carbocycles. The Kier molecular flexibility index (Phi) is 101. The monoisotopic (exact) mass is 1420 g/mol. The minimum Gasteiger partial charge on any atom is -0.0683 e. The van der Waals surface area contributed by atoms with Gasteiger partial charge in [0.2, 0.25) is 0 Å². The highest BCUT2D eigenvalue weighted by Crippen LogP contribution is 2.48. The summed E-state index contributed by atoms with van der Waals surface area (Å²) in [7, 11) is 0. The summed E-state index contributed by atoms with van der Waals surface area (Å²) in [4.78, 5) is 0. The molecule has 0 saturated heterocycles. The highest BCUT2D eigenvalue weighted by atomic mass is 14.4. The molecule has 14 rings (SSSR count). The Morgan fingerprint density at radius 2 is 0.257 bits per heavy atom. The third-order valence-electron chi connectivity index (χ3n) is 12.6. The van der Waals surface area contributed by atoms with Crippen LogP contribution in [-0.4, -0.2) is 0 Å². The molecule has 0 heteroatoms. The zero-order valence-corrected chi connectivity index (χ0v) is 73.8. The molecule has 0 heterocycles. The summed E-state index contributed by atoms with van der Waals surface area (Å²) >= 11 is 0. The quantitative estimate of drug-likeness (QED) is 0.144. The van der Waals surface area contributed by atoms with Crippen molar-refractivity contribution in [2.45, 2.75) is 241 Å². The zero-order valence-electron chi connectivity index (χ0n) is 73.8. The highest BCUT2D eigenvalue weighted by Gasteiger charge is 2.34. The van der Waals surface area contributed by atoms with Crippen molar-refractivity contribution >= 4 is 43.1 Å². The van der Waals surface area contributed by atoms with E-state index < -0.39 is 0 Å². The van der Waals surface area contributed by atoms with Gasteiger partial charge in [0.05, 0.1) is 0 Å². The van der Waals surface area contributed by atoms with Crippen LogP contribution in [-0.2, 0) is 5.41 Å². The lowest BCUT2D eigenvalue weighted by Crippen LogP contribution is -2.14. The molecule has 0 fully saturated rings. The van der Waals surface area contributed by atoms with Crippen molar-refractivity contribution in [2.24, 2.45) is 0 Å². The van der Waals surface area contributed by atoms with Gasteiger partial charge < -0.3 is 0 Å². The van der Waals surface area contributed by atoms with Gasteiger partial charge in [-0.1, -0.05) is 563 Å². The molecular weight excluding hydrogens is 1260 g/mol. The molecule has 0 N–H and O–H groups in total. The number of benzene rings is 13. The second-order valence-electron chi connectivity index (χ2n) is 18.0. The lowest BCUT2D eigenvalue weighted by atomic mass is 9.82. The Labute approximate surface area is 653 Å². The first kappa shape index (κ1) is 114. The van der Waals surface area contributed by atoms with Crippen LogP contribution in [0.15, 0.2) is 340 Å². The first-order chi connectivity index (χ1) is 52.0. The summed E-state index contributed by atoms with van der Waals surface area (Å²) < 4.78 is 0. The Morgan fingerprint density at radius 1 is 0.133 bits per heavy atom. The summed E-state index contributed by atoms with van der Waals surface area (Å²) in [5, 5.41) is 10.5. The number of hydrogen-bond acceptors (Lipinski definition) is 0. The third-order valence-corrected chi connectivity index (χ3v) is 12.6. The van der Waals surface area contributed by atoms with Crippen molar-refractivity contribution < 1.29 is 0 Å². The van der Waals surface area contributed by atoms with Gasteiger partial charge in [0.15, 0.2) is 0 Å². The van der Waals surface area contributed by atoms with Crippen LogP contribution in [0.2, 0.25) is 0 Å². The molecule has 13 aromatic rings. The average Bonchev–Trinajstić information content (AvgIpc) is 1.60. The van der Waals surface area contributed by atoms with E-state index in [2.05, 4.69) is 269 Å². The zero-order chi connectivity index (χ0) is 82.2. The van der Waals surface area contributed by atoms with E-state index in [0.29, 0.717) is 0 Å². The number of fused-ring (bicyclic) bond motifs is 7. The molecule has 0 aromatic heterocycles. The maximum atomic E-state index is 2.30. The fourth-order valence-corrected chi connectivity index (χ4v) is 8.85. The van der Waals surface area contributed by atoms with Gasteiger partial charge in [-0.3, -0.25) is 0 Å². The minimum absolute atomic E-state index is 0.160. The predicted molar refractivity (Wildman–Crippen MR) is 500 cm³/mol. The molecule has 1 aliphatic rings. The van der Waals surface area contributed by atoms with Gasteiger partial charge in [-0.2, -0.15) is 0 Å². The molecule has 0 spiro atoms. The second-order valence-corrected chi connectivity index (χ2v) is 18.0. The van der Waals surface area contributed by atoms with E-state index in [9.17, 15) is 0 Å². The summed E-state index contributed by atoms with van der Waals surface area (Å²) in [6, 6.07) is 117. The van der Waals surface area contributed by atoms with Crippen LogP contribution in [0.1, 0.15) is 247 Å². The van der Waals surface area contributed by atoms with Crippen molar-refractivity contribution in [1.82, 2.24) is 0 Å². The predicted octanol–water partition coefficient (Wildman–Crippen LogP) is 36.8. The maximum Gasteiger partial charge on any atom is 0.0158 e. The van der Waals surface area contributed by atoms with Crippen molar-refractivity contribution in [3.63, 3.8) is 0 Å². The van der Waals surface area contributed by atoms with Gasteiger partial charge in [-0.15, -0.1) is 0 Å². The summed E-state index contributed by atoms with van der Waals surface area (Å²) in [5.41, 5.74) is 8.41. The molecular formula is C105H158. The van der Waals surface area contributed by atoms with Gasteiger partial charge in [0.25, 0.3) is 0 Å². The molecule has 578 valence electrons. The fraction of sp³-hybridized carbons (Fsp3) is 0.333. The van der Waals surface area contributed by atoms with Crippen LogP contribution in [0.5, 0.6) is 0 Å². The Balaban J connectivity index is -0.000000139. The summed E-state index contributed by atoms with van der Waals surface area (Å²) in [6.45, 7) is 68.6. The van der Waals surface area contributed by atoms with Gasteiger partial charge in [-0.25, -0.2) is 0 Å². The largest absolute Gasteiger partial charge is 0.0683 e. The lowest BCUT2D eigenvalue weighted by molar-refractivity contribution is 0.660. The topological polar surface area (TPSA) is 0 Å². The van der Waals surface area contributed by atoms with E-state index in [4.69, 9.17) is 0 Å². The van der Waals surface area contributed by atoms with Crippen molar-refractivity contribution in [1.29, 1.82) is 0 Å². The normalized spacial score (nSPS) is 8.55. The van der Waals surface area contributed by atoms with E-state index in [1.54, 1.807) is 0 Å². The van der Waals surface area contributed by atoms with Crippen LogP contribution >= 0.6 is 0 Å². The van der Waals surface area contributed by atoms with Crippen LogP contribution in [0.4, 0.5) is 0 Å². The Hall–Kier alpha value is -9.10. The van der Waals surface area contributed by atoms with Crippen LogP contribution < -0.4 is 0 Å². The lowest BCUT2D eigenvalue weighted by Gasteiger charge is -2.20. The number of hydrogen-bond donors (Lipinski definition) is 0. The first-order valence-corrected chi connectivity index (χ1v) is 41.1. The van der Waals surface area contributed by atoms with Crippen molar-refractivity contribution in [3.05, 3.63) is 351 Å². The molecule has 0 bridgehead atoms. The molecule has 13 aromatic carbocycles. The second kappa shape index (κ2) is 92.9. The van der Waals surface area contributed by atoms with E-state index in [0.717, 1.165) is 0 Å². The first-order valence-electron chi connectivity index (χ1n) is 41.1. The average molecular weight is 1420 g/mol. The summed E-state index contributed by atoms with van der Waals surface area (Å²) in [5.74, 6) is 0. The van der Waals surface area contributed by atoms with Crippen LogP contribution in [0.3, 0.4) is 0 Å². The molecule has 0 saturated carbocycles. The molecule has 0 unspecified atom stereocenters. The molecule has 0 nitrogen and oxygen atoms in total. The van der Waals surface area contributed by atoms with Gasteiger partial charge in [0.1, 0.15) is 0 Å². The van der Waals surface area contributed by atoms with E-state index in [-0.39, 0.29) is 5.41 Å². The van der Waals surface area contributed by atoms with E-state index in [1.165, 1.54) is 76.5 Å². The Morgan fingerprint density at radius 3 is 0.429 bits per heavy atom.